The van der Waals surface area contributed by atoms with Crippen molar-refractivity contribution in [1.82, 2.24) is 5.32 Å². The second-order valence-corrected chi connectivity index (χ2v) is 5.22. The number of rotatable bonds is 4. The van der Waals surface area contributed by atoms with Crippen LogP contribution in [0, 0.1) is 13.8 Å². The van der Waals surface area contributed by atoms with Crippen molar-refractivity contribution in [3.8, 4) is 0 Å². The first kappa shape index (κ1) is 14.6. The molecule has 0 saturated carbocycles. The van der Waals surface area contributed by atoms with Gasteiger partial charge in [0.2, 0.25) is 0 Å². The fourth-order valence-corrected chi connectivity index (χ4v) is 2.27. The van der Waals surface area contributed by atoms with Gasteiger partial charge in [0.15, 0.2) is 0 Å². The standard InChI is InChI=1S/C17H18ClNO/c1-12-3-8-16(13(2)9-12)17(20)19-11-15-6-4-14(10-18)5-7-15/h3-9H,10-11H2,1-2H3,(H,19,20). The van der Waals surface area contributed by atoms with Crippen molar-refractivity contribution in [3.05, 3.63) is 70.3 Å². The number of hydrogen-bond donors (Lipinski definition) is 1. The van der Waals surface area contributed by atoms with Crippen LogP contribution in [0.3, 0.4) is 0 Å². The van der Waals surface area contributed by atoms with E-state index >= 15 is 0 Å². The van der Waals surface area contributed by atoms with Crippen LogP contribution in [-0.2, 0) is 12.4 Å². The summed E-state index contributed by atoms with van der Waals surface area (Å²) >= 11 is 5.75. The van der Waals surface area contributed by atoms with Crippen molar-refractivity contribution in [3.63, 3.8) is 0 Å². The molecule has 0 unspecified atom stereocenters. The summed E-state index contributed by atoms with van der Waals surface area (Å²) in [5.74, 6) is 0.471. The summed E-state index contributed by atoms with van der Waals surface area (Å²) in [6, 6.07) is 13.8. The summed E-state index contributed by atoms with van der Waals surface area (Å²) in [6.07, 6.45) is 0. The van der Waals surface area contributed by atoms with E-state index < -0.39 is 0 Å². The van der Waals surface area contributed by atoms with E-state index in [2.05, 4.69) is 5.32 Å². The molecule has 2 rings (SSSR count). The van der Waals surface area contributed by atoms with Gasteiger partial charge in [-0.3, -0.25) is 4.79 Å². The van der Waals surface area contributed by atoms with Crippen LogP contribution in [0.4, 0.5) is 0 Å². The smallest absolute Gasteiger partial charge is 0.251 e. The predicted octanol–water partition coefficient (Wildman–Crippen LogP) is 3.97. The van der Waals surface area contributed by atoms with E-state index in [-0.39, 0.29) is 5.91 Å². The van der Waals surface area contributed by atoms with Crippen LogP contribution in [-0.4, -0.2) is 5.91 Å². The predicted molar refractivity (Wildman–Crippen MR) is 83.1 cm³/mol. The molecule has 0 atom stereocenters. The number of aryl methyl sites for hydroxylation is 2. The maximum atomic E-state index is 12.1. The minimum Gasteiger partial charge on any atom is -0.348 e. The zero-order valence-electron chi connectivity index (χ0n) is 11.7. The minimum absolute atomic E-state index is 0.0380. The second kappa shape index (κ2) is 6.58. The van der Waals surface area contributed by atoms with Crippen LogP contribution < -0.4 is 5.32 Å². The molecule has 0 aliphatic carbocycles. The fraction of sp³-hybridized carbons (Fsp3) is 0.235. The molecule has 0 heterocycles. The topological polar surface area (TPSA) is 29.1 Å². The van der Waals surface area contributed by atoms with Gasteiger partial charge in [-0.15, -0.1) is 11.6 Å². The molecule has 0 saturated heterocycles. The average Bonchev–Trinajstić information content (AvgIpc) is 2.45. The van der Waals surface area contributed by atoms with E-state index in [1.165, 1.54) is 0 Å². The van der Waals surface area contributed by atoms with Gasteiger partial charge in [-0.1, -0.05) is 42.0 Å². The summed E-state index contributed by atoms with van der Waals surface area (Å²) in [4.78, 5) is 12.1. The summed E-state index contributed by atoms with van der Waals surface area (Å²) < 4.78 is 0. The summed E-state index contributed by atoms with van der Waals surface area (Å²) in [5.41, 5.74) is 5.04. The highest BCUT2D eigenvalue weighted by atomic mass is 35.5. The number of benzene rings is 2. The lowest BCUT2D eigenvalue weighted by Crippen LogP contribution is -2.23. The Morgan fingerprint density at radius 2 is 1.70 bits per heavy atom. The first-order valence-electron chi connectivity index (χ1n) is 6.59. The highest BCUT2D eigenvalue weighted by molar-refractivity contribution is 6.17. The van der Waals surface area contributed by atoms with Crippen molar-refractivity contribution in [2.75, 3.05) is 0 Å². The lowest BCUT2D eigenvalue weighted by atomic mass is 10.1. The molecule has 0 aromatic heterocycles. The van der Waals surface area contributed by atoms with Crippen molar-refractivity contribution < 1.29 is 4.79 Å². The normalized spacial score (nSPS) is 10.3. The van der Waals surface area contributed by atoms with Crippen LogP contribution in [0.15, 0.2) is 42.5 Å². The molecule has 0 bridgehead atoms. The Morgan fingerprint density at radius 1 is 1.05 bits per heavy atom. The van der Waals surface area contributed by atoms with Crippen LogP contribution >= 0.6 is 11.6 Å². The SMILES string of the molecule is Cc1ccc(C(=O)NCc2ccc(CCl)cc2)c(C)c1. The molecule has 0 spiro atoms. The maximum Gasteiger partial charge on any atom is 0.251 e. The number of hydrogen-bond acceptors (Lipinski definition) is 1. The van der Waals surface area contributed by atoms with E-state index in [1.54, 1.807) is 0 Å². The molecule has 3 heteroatoms. The Hall–Kier alpha value is -1.80. The summed E-state index contributed by atoms with van der Waals surface area (Å²) in [7, 11) is 0. The highest BCUT2D eigenvalue weighted by Gasteiger charge is 2.08. The van der Waals surface area contributed by atoms with Gasteiger partial charge >= 0.3 is 0 Å². The molecule has 2 aromatic rings. The average molecular weight is 288 g/mol. The fourth-order valence-electron chi connectivity index (χ4n) is 2.09. The van der Waals surface area contributed by atoms with E-state index in [0.29, 0.717) is 12.4 Å². The van der Waals surface area contributed by atoms with Gasteiger partial charge in [0.1, 0.15) is 0 Å². The largest absolute Gasteiger partial charge is 0.348 e. The van der Waals surface area contributed by atoms with Crippen molar-refractivity contribution in [1.29, 1.82) is 0 Å². The molecule has 2 nitrogen and oxygen atoms in total. The molecule has 104 valence electrons. The van der Waals surface area contributed by atoms with Gasteiger partial charge < -0.3 is 5.32 Å². The second-order valence-electron chi connectivity index (χ2n) is 4.95. The van der Waals surface area contributed by atoms with Gasteiger partial charge in [0, 0.05) is 18.0 Å². The van der Waals surface area contributed by atoms with E-state index in [9.17, 15) is 4.79 Å². The third kappa shape index (κ3) is 3.61. The number of alkyl halides is 1. The third-order valence-electron chi connectivity index (χ3n) is 3.26. The number of carbonyl (C=O) groups is 1. The Balaban J connectivity index is 2.00. The molecule has 0 radical (unpaired) electrons. The van der Waals surface area contributed by atoms with Gasteiger partial charge in [-0.2, -0.15) is 0 Å². The summed E-state index contributed by atoms with van der Waals surface area (Å²) in [5, 5.41) is 2.94. The summed E-state index contributed by atoms with van der Waals surface area (Å²) in [6.45, 7) is 4.50. The molecular weight excluding hydrogens is 270 g/mol. The molecule has 1 amide bonds. The zero-order valence-corrected chi connectivity index (χ0v) is 12.5. The lowest BCUT2D eigenvalue weighted by molar-refractivity contribution is 0.0950. The molecule has 2 aromatic carbocycles. The van der Waals surface area contributed by atoms with Crippen molar-refractivity contribution >= 4 is 17.5 Å². The Labute approximate surface area is 124 Å². The zero-order chi connectivity index (χ0) is 14.5. The van der Waals surface area contributed by atoms with E-state index in [4.69, 9.17) is 11.6 Å². The monoisotopic (exact) mass is 287 g/mol. The molecule has 0 aliphatic rings. The number of amides is 1. The van der Waals surface area contributed by atoms with Crippen molar-refractivity contribution in [2.24, 2.45) is 0 Å². The van der Waals surface area contributed by atoms with Gasteiger partial charge in [0.25, 0.3) is 5.91 Å². The van der Waals surface area contributed by atoms with Crippen LogP contribution in [0.2, 0.25) is 0 Å². The Morgan fingerprint density at radius 3 is 2.30 bits per heavy atom. The molecule has 0 aliphatic heterocycles. The number of halogens is 1. The quantitative estimate of drug-likeness (QED) is 0.847. The van der Waals surface area contributed by atoms with Crippen LogP contribution in [0.1, 0.15) is 32.6 Å². The van der Waals surface area contributed by atoms with Crippen LogP contribution in [0.25, 0.3) is 0 Å². The molecule has 1 N–H and O–H groups in total. The van der Waals surface area contributed by atoms with Gasteiger partial charge in [-0.05, 0) is 36.6 Å². The third-order valence-corrected chi connectivity index (χ3v) is 3.57. The van der Waals surface area contributed by atoms with E-state index in [1.807, 2.05) is 56.3 Å². The first-order chi connectivity index (χ1) is 9.60. The maximum absolute atomic E-state index is 12.1. The molecule has 20 heavy (non-hydrogen) atoms. The van der Waals surface area contributed by atoms with Crippen molar-refractivity contribution in [2.45, 2.75) is 26.3 Å². The number of nitrogens with one attached hydrogen (secondary N) is 1. The van der Waals surface area contributed by atoms with Gasteiger partial charge in [-0.25, -0.2) is 0 Å². The van der Waals surface area contributed by atoms with Gasteiger partial charge in [0.05, 0.1) is 0 Å². The first-order valence-corrected chi connectivity index (χ1v) is 7.13. The molecule has 0 fully saturated rings. The van der Waals surface area contributed by atoms with Crippen LogP contribution in [0.5, 0.6) is 0 Å². The Kier molecular flexibility index (Phi) is 4.80. The number of carbonyl (C=O) groups excluding carboxylic acids is 1. The minimum atomic E-state index is -0.0380. The highest BCUT2D eigenvalue weighted by Crippen LogP contribution is 2.11. The Bertz CT molecular complexity index is 605. The van der Waals surface area contributed by atoms with E-state index in [0.717, 1.165) is 27.8 Å². The molecular formula is C17H18ClNO. The lowest BCUT2D eigenvalue weighted by Gasteiger charge is -2.09.